The van der Waals surface area contributed by atoms with Gasteiger partial charge in [0.25, 0.3) is 0 Å². The second-order valence-corrected chi connectivity index (χ2v) is 6.27. The van der Waals surface area contributed by atoms with Gasteiger partial charge in [-0.1, -0.05) is 18.2 Å². The van der Waals surface area contributed by atoms with Gasteiger partial charge in [-0.05, 0) is 36.4 Å². The van der Waals surface area contributed by atoms with Crippen LogP contribution in [-0.2, 0) is 9.84 Å². The lowest BCUT2D eigenvalue weighted by atomic mass is 10.3. The molecular formula is C15H16O4S. The monoisotopic (exact) mass is 292 g/mol. The predicted octanol–water partition coefficient (Wildman–Crippen LogP) is 2.55. The van der Waals surface area contributed by atoms with Gasteiger partial charge in [0, 0.05) is 6.26 Å². The fourth-order valence-corrected chi connectivity index (χ4v) is 2.25. The maximum absolute atomic E-state index is 11.3. The normalized spacial score (nSPS) is 11.1. The molecule has 2 aromatic rings. The van der Waals surface area contributed by atoms with Crippen LogP contribution in [0, 0.1) is 0 Å². The third kappa shape index (κ3) is 4.28. The van der Waals surface area contributed by atoms with Crippen molar-refractivity contribution in [3.63, 3.8) is 0 Å². The van der Waals surface area contributed by atoms with Gasteiger partial charge in [-0.2, -0.15) is 0 Å². The largest absolute Gasteiger partial charge is 0.490 e. The number of hydrogen-bond acceptors (Lipinski definition) is 4. The number of rotatable bonds is 6. The Hall–Kier alpha value is -2.01. The molecule has 0 saturated carbocycles. The molecule has 0 aliphatic carbocycles. The van der Waals surface area contributed by atoms with Crippen LogP contribution in [-0.4, -0.2) is 27.9 Å². The van der Waals surface area contributed by atoms with E-state index in [-0.39, 0.29) is 4.90 Å². The van der Waals surface area contributed by atoms with Gasteiger partial charge in [-0.25, -0.2) is 8.42 Å². The summed E-state index contributed by atoms with van der Waals surface area (Å²) in [6, 6.07) is 15.8. The third-order valence-corrected chi connectivity index (χ3v) is 3.74. The fourth-order valence-electron chi connectivity index (χ4n) is 1.62. The quantitative estimate of drug-likeness (QED) is 0.768. The molecule has 0 spiro atoms. The number of sulfone groups is 1. The molecule has 0 unspecified atom stereocenters. The molecule has 5 heteroatoms. The van der Waals surface area contributed by atoms with Gasteiger partial charge < -0.3 is 9.47 Å². The van der Waals surface area contributed by atoms with Crippen molar-refractivity contribution in [2.45, 2.75) is 4.90 Å². The molecule has 4 nitrogen and oxygen atoms in total. The molecular weight excluding hydrogens is 276 g/mol. The summed E-state index contributed by atoms with van der Waals surface area (Å²) in [6.07, 6.45) is 1.18. The lowest BCUT2D eigenvalue weighted by Gasteiger charge is -2.08. The highest BCUT2D eigenvalue weighted by Crippen LogP contribution is 2.15. The minimum absolute atomic E-state index is 0.283. The molecule has 0 atom stereocenters. The molecule has 0 radical (unpaired) electrons. The van der Waals surface area contributed by atoms with Crippen molar-refractivity contribution in [2.75, 3.05) is 19.5 Å². The van der Waals surface area contributed by atoms with Crippen molar-refractivity contribution in [1.29, 1.82) is 0 Å². The highest BCUT2D eigenvalue weighted by molar-refractivity contribution is 7.90. The van der Waals surface area contributed by atoms with Gasteiger partial charge in [-0.15, -0.1) is 0 Å². The Kier molecular flexibility index (Phi) is 4.63. The van der Waals surface area contributed by atoms with Crippen molar-refractivity contribution in [1.82, 2.24) is 0 Å². The van der Waals surface area contributed by atoms with Gasteiger partial charge in [0.05, 0.1) is 4.90 Å². The number of para-hydroxylation sites is 1. The minimum Gasteiger partial charge on any atom is -0.490 e. The van der Waals surface area contributed by atoms with Gasteiger partial charge in [0.1, 0.15) is 24.7 Å². The van der Waals surface area contributed by atoms with Crippen LogP contribution in [0.1, 0.15) is 0 Å². The molecule has 0 aliphatic heterocycles. The van der Waals surface area contributed by atoms with E-state index in [0.29, 0.717) is 19.0 Å². The fraction of sp³-hybridized carbons (Fsp3) is 0.200. The third-order valence-electron chi connectivity index (χ3n) is 2.62. The van der Waals surface area contributed by atoms with E-state index >= 15 is 0 Å². The molecule has 2 aromatic carbocycles. The molecule has 0 aliphatic rings. The van der Waals surface area contributed by atoms with E-state index in [0.717, 1.165) is 5.75 Å². The summed E-state index contributed by atoms with van der Waals surface area (Å²) in [5.74, 6) is 1.41. The van der Waals surface area contributed by atoms with Crippen LogP contribution < -0.4 is 9.47 Å². The first-order valence-electron chi connectivity index (χ1n) is 6.16. The van der Waals surface area contributed by atoms with Gasteiger partial charge in [-0.3, -0.25) is 0 Å². The maximum Gasteiger partial charge on any atom is 0.175 e. The summed E-state index contributed by atoms with van der Waals surface area (Å²) in [5, 5.41) is 0. The van der Waals surface area contributed by atoms with Crippen molar-refractivity contribution in [3.8, 4) is 11.5 Å². The first kappa shape index (κ1) is 14.4. The first-order valence-corrected chi connectivity index (χ1v) is 8.05. The molecule has 20 heavy (non-hydrogen) atoms. The van der Waals surface area contributed by atoms with Gasteiger partial charge >= 0.3 is 0 Å². The Morgan fingerprint density at radius 3 is 1.80 bits per heavy atom. The second kappa shape index (κ2) is 6.43. The Morgan fingerprint density at radius 1 is 0.800 bits per heavy atom. The van der Waals surface area contributed by atoms with Crippen LogP contribution in [0.25, 0.3) is 0 Å². The van der Waals surface area contributed by atoms with Crippen molar-refractivity contribution in [3.05, 3.63) is 54.6 Å². The molecule has 0 saturated heterocycles. The van der Waals surface area contributed by atoms with Crippen molar-refractivity contribution < 1.29 is 17.9 Å². The SMILES string of the molecule is CS(=O)(=O)c1ccc(OCCOc2ccccc2)cc1. The lowest BCUT2D eigenvalue weighted by Crippen LogP contribution is -2.09. The minimum atomic E-state index is -3.16. The topological polar surface area (TPSA) is 52.6 Å². The van der Waals surface area contributed by atoms with E-state index < -0.39 is 9.84 Å². The average Bonchev–Trinajstić information content (AvgIpc) is 2.44. The molecule has 0 heterocycles. The summed E-state index contributed by atoms with van der Waals surface area (Å²) in [4.78, 5) is 0.283. The van der Waals surface area contributed by atoms with Gasteiger partial charge in [0.2, 0.25) is 0 Å². The van der Waals surface area contributed by atoms with E-state index in [1.54, 1.807) is 12.1 Å². The first-order chi connectivity index (χ1) is 9.55. The zero-order chi connectivity index (χ0) is 14.4. The van der Waals surface area contributed by atoms with Crippen LogP contribution in [0.3, 0.4) is 0 Å². The summed E-state index contributed by atoms with van der Waals surface area (Å²) in [5.41, 5.74) is 0. The number of hydrogen-bond donors (Lipinski definition) is 0. The smallest absolute Gasteiger partial charge is 0.175 e. The van der Waals surface area contributed by atoms with Crippen LogP contribution in [0.2, 0.25) is 0 Å². The van der Waals surface area contributed by atoms with Crippen LogP contribution in [0.5, 0.6) is 11.5 Å². The van der Waals surface area contributed by atoms with Crippen molar-refractivity contribution >= 4 is 9.84 Å². The van der Waals surface area contributed by atoms with Crippen LogP contribution >= 0.6 is 0 Å². The van der Waals surface area contributed by atoms with Crippen LogP contribution in [0.4, 0.5) is 0 Å². The summed E-state index contributed by atoms with van der Waals surface area (Å²) in [7, 11) is -3.16. The lowest BCUT2D eigenvalue weighted by molar-refractivity contribution is 0.217. The summed E-state index contributed by atoms with van der Waals surface area (Å²) >= 11 is 0. The average molecular weight is 292 g/mol. The van der Waals surface area contributed by atoms with E-state index in [4.69, 9.17) is 9.47 Å². The summed E-state index contributed by atoms with van der Waals surface area (Å²) < 4.78 is 33.6. The zero-order valence-corrected chi connectivity index (χ0v) is 12.0. The van der Waals surface area contributed by atoms with Crippen LogP contribution in [0.15, 0.2) is 59.5 Å². The Bertz CT molecular complexity index is 633. The van der Waals surface area contributed by atoms with Crippen molar-refractivity contribution in [2.24, 2.45) is 0 Å². The maximum atomic E-state index is 11.3. The molecule has 0 fully saturated rings. The van der Waals surface area contributed by atoms with Gasteiger partial charge in [0.15, 0.2) is 9.84 Å². The summed E-state index contributed by atoms with van der Waals surface area (Å²) in [6.45, 7) is 0.824. The van der Waals surface area contributed by atoms with E-state index in [1.165, 1.54) is 18.4 Å². The highest BCUT2D eigenvalue weighted by atomic mass is 32.2. The zero-order valence-electron chi connectivity index (χ0n) is 11.2. The van der Waals surface area contributed by atoms with E-state index in [9.17, 15) is 8.42 Å². The number of ether oxygens (including phenoxy) is 2. The highest BCUT2D eigenvalue weighted by Gasteiger charge is 2.06. The molecule has 0 aromatic heterocycles. The van der Waals surface area contributed by atoms with E-state index in [1.807, 2.05) is 30.3 Å². The Morgan fingerprint density at radius 2 is 1.30 bits per heavy atom. The van der Waals surface area contributed by atoms with E-state index in [2.05, 4.69) is 0 Å². The Labute approximate surface area is 118 Å². The molecule has 0 N–H and O–H groups in total. The predicted molar refractivity (Wildman–Crippen MR) is 77.0 cm³/mol. The number of benzene rings is 2. The standard InChI is InChI=1S/C15H16O4S/c1-20(16,17)15-9-7-14(8-10-15)19-12-11-18-13-5-3-2-4-6-13/h2-10H,11-12H2,1H3. The molecule has 0 amide bonds. The molecule has 2 rings (SSSR count). The second-order valence-electron chi connectivity index (χ2n) is 4.25. The molecule has 0 bridgehead atoms. The molecule has 106 valence electrons. The Balaban J connectivity index is 1.80.